The van der Waals surface area contributed by atoms with Crippen molar-refractivity contribution >= 4 is 84.9 Å². The number of methoxy groups -OCH3 is 2. The highest BCUT2D eigenvalue weighted by Gasteiger charge is 2.29. The van der Waals surface area contributed by atoms with Crippen molar-refractivity contribution in [3.8, 4) is 22.6 Å². The van der Waals surface area contributed by atoms with Crippen LogP contribution in [0, 0.1) is 6.92 Å². The van der Waals surface area contributed by atoms with Crippen LogP contribution in [0.15, 0.2) is 166 Å². The Hall–Kier alpha value is -8.02. The number of hydrogen-bond acceptors (Lipinski definition) is 9. The number of fused-ring (bicyclic) bond motifs is 5. The molecule has 2 amide bonds. The highest BCUT2D eigenvalue weighted by molar-refractivity contribution is 6.34. The molecule has 64 heavy (non-hydrogen) atoms. The second-order valence-electron chi connectivity index (χ2n) is 15.3. The number of amides is 2. The second-order valence-corrected chi connectivity index (χ2v) is 15.7. The third-order valence-corrected chi connectivity index (χ3v) is 11.7. The topological polar surface area (TPSA) is 126 Å². The molecule has 0 atom stereocenters. The molecule has 1 aliphatic rings. The average Bonchev–Trinajstić information content (AvgIpc) is 3.60. The predicted molar refractivity (Wildman–Crippen MR) is 253 cm³/mol. The van der Waals surface area contributed by atoms with Crippen LogP contribution in [0.1, 0.15) is 42.2 Å². The molecule has 0 unspecified atom stereocenters. The zero-order valence-electron chi connectivity index (χ0n) is 35.5. The predicted octanol–water partition coefficient (Wildman–Crippen LogP) is 13.6. The lowest BCUT2D eigenvalue weighted by molar-refractivity contribution is 0.0982. The van der Waals surface area contributed by atoms with Crippen molar-refractivity contribution in [1.82, 2.24) is 0 Å². The van der Waals surface area contributed by atoms with Gasteiger partial charge in [-0.1, -0.05) is 96.5 Å². The van der Waals surface area contributed by atoms with Crippen LogP contribution in [0.5, 0.6) is 11.5 Å². The minimum Gasteiger partial charge on any atom is -0.494 e. The Morgan fingerprint density at radius 1 is 0.531 bits per heavy atom. The van der Waals surface area contributed by atoms with E-state index in [-0.39, 0.29) is 34.7 Å². The molecular formula is C52H39ClN6O5. The minimum atomic E-state index is -0.343. The first-order chi connectivity index (χ1) is 31.1. The molecule has 314 valence electrons. The van der Waals surface area contributed by atoms with E-state index in [0.717, 1.165) is 43.9 Å². The fourth-order valence-corrected chi connectivity index (χ4v) is 8.35. The molecule has 0 spiro atoms. The number of nitrogens with zero attached hydrogens (tertiary/aromatic N) is 6. The van der Waals surface area contributed by atoms with E-state index in [1.165, 1.54) is 19.1 Å². The molecule has 1 aliphatic carbocycles. The van der Waals surface area contributed by atoms with Crippen LogP contribution >= 0.6 is 11.6 Å². The number of carbonyl (C=O) groups excluding carboxylic acids is 3. The van der Waals surface area contributed by atoms with E-state index < -0.39 is 0 Å². The molecule has 0 bridgehead atoms. The molecule has 8 aromatic rings. The van der Waals surface area contributed by atoms with E-state index in [9.17, 15) is 14.4 Å². The van der Waals surface area contributed by atoms with Gasteiger partial charge in [0.2, 0.25) is 0 Å². The zero-order chi connectivity index (χ0) is 44.6. The Morgan fingerprint density at radius 2 is 1.03 bits per heavy atom. The number of ketones is 1. The van der Waals surface area contributed by atoms with Gasteiger partial charge in [0.25, 0.3) is 11.8 Å². The Morgan fingerprint density at radius 3 is 1.55 bits per heavy atom. The zero-order valence-corrected chi connectivity index (χ0v) is 36.2. The number of anilines is 2. The number of azo groups is 2. The highest BCUT2D eigenvalue weighted by Crippen LogP contribution is 2.45. The summed E-state index contributed by atoms with van der Waals surface area (Å²) < 4.78 is 11.7. The van der Waals surface area contributed by atoms with Crippen LogP contribution in [0.2, 0.25) is 5.02 Å². The lowest BCUT2D eigenvalue weighted by atomic mass is 10.0. The summed E-state index contributed by atoms with van der Waals surface area (Å²) in [4.78, 5) is 45.1. The van der Waals surface area contributed by atoms with Crippen molar-refractivity contribution < 1.29 is 23.9 Å². The second kappa shape index (κ2) is 17.0. The third kappa shape index (κ3) is 7.41. The lowest BCUT2D eigenvalue weighted by Crippen LogP contribution is -2.27. The van der Waals surface area contributed by atoms with Gasteiger partial charge in [0.15, 0.2) is 17.3 Å². The molecule has 8 aromatic carbocycles. The first-order valence-electron chi connectivity index (χ1n) is 20.3. The number of benzene rings is 8. The quantitative estimate of drug-likeness (QED) is 0.127. The molecule has 0 fully saturated rings. The Bertz CT molecular complexity index is 3290. The van der Waals surface area contributed by atoms with Crippen molar-refractivity contribution in [2.45, 2.75) is 6.92 Å². The summed E-state index contributed by atoms with van der Waals surface area (Å²) >= 11 is 6.45. The Labute approximate surface area is 373 Å². The molecule has 0 aromatic heterocycles. The highest BCUT2D eigenvalue weighted by atomic mass is 35.5. The van der Waals surface area contributed by atoms with Crippen LogP contribution < -0.4 is 19.3 Å². The number of aryl methyl sites for hydroxylation is 1. The van der Waals surface area contributed by atoms with Crippen LogP contribution in [0.3, 0.4) is 0 Å². The number of para-hydroxylation sites is 1. The van der Waals surface area contributed by atoms with Crippen LogP contribution in [0.4, 0.5) is 34.1 Å². The van der Waals surface area contributed by atoms with Crippen molar-refractivity contribution in [3.63, 3.8) is 0 Å². The summed E-state index contributed by atoms with van der Waals surface area (Å²) in [5, 5.41) is 21.9. The first kappa shape index (κ1) is 41.3. The summed E-state index contributed by atoms with van der Waals surface area (Å²) in [7, 11) is 6.37. The van der Waals surface area contributed by atoms with Gasteiger partial charge in [0.1, 0.15) is 11.4 Å². The van der Waals surface area contributed by atoms with Crippen molar-refractivity contribution in [2.75, 3.05) is 38.1 Å². The SMILES string of the molecule is COc1c(C(=O)N(C)c2cccc(C)c2)cc2ccccc2c1N=Nc1ccc2c(c1)C(=O)c1cc(N=Nc3c(OC)c(C(=O)N(C)c4ccccc4Cl)cc4ccccc34)ccc1-2. The number of ether oxygens (including phenoxy) is 2. The van der Waals surface area contributed by atoms with Crippen LogP contribution in [-0.2, 0) is 0 Å². The van der Waals surface area contributed by atoms with Gasteiger partial charge in [0.05, 0.1) is 47.4 Å². The Balaban J connectivity index is 1.02. The molecule has 12 heteroatoms. The number of hydrogen-bond donors (Lipinski definition) is 0. The maximum absolute atomic E-state index is 14.1. The molecule has 0 aliphatic heterocycles. The molecule has 9 rings (SSSR count). The van der Waals surface area contributed by atoms with E-state index in [4.69, 9.17) is 21.1 Å². The van der Waals surface area contributed by atoms with Gasteiger partial charge < -0.3 is 19.3 Å². The van der Waals surface area contributed by atoms with Crippen LogP contribution in [0.25, 0.3) is 32.7 Å². The van der Waals surface area contributed by atoms with E-state index in [0.29, 0.717) is 50.1 Å². The molecular weight excluding hydrogens is 824 g/mol. The summed E-state index contributed by atoms with van der Waals surface area (Å²) in [6.07, 6.45) is 0. The van der Waals surface area contributed by atoms with Gasteiger partial charge in [-0.15, -0.1) is 10.2 Å². The fraction of sp³-hybridized carbons (Fsp3) is 0.0962. The molecule has 11 nitrogen and oxygen atoms in total. The van der Waals surface area contributed by atoms with Crippen molar-refractivity contribution in [1.29, 1.82) is 0 Å². The summed E-state index contributed by atoms with van der Waals surface area (Å²) in [6.45, 7) is 1.98. The standard InChI is InChI=1S/C52H39ClN6O5/c1-30-13-12-16-35(25-30)58(2)51(61)42-26-31-14-6-8-17-36(31)46(49(42)63-4)56-54-33-21-23-38-39-24-22-34(29-41(39)48(60)40(38)28-33)55-57-47-37-18-9-7-15-32(37)27-43(50(47)64-5)52(62)59(3)45-20-11-10-19-44(45)53/h6-29H,1-5H3. The van der Waals surface area contributed by atoms with E-state index in [1.807, 2.05) is 97.9 Å². The molecule has 0 radical (unpaired) electrons. The fourth-order valence-electron chi connectivity index (χ4n) is 8.09. The summed E-state index contributed by atoms with van der Waals surface area (Å²) in [5.74, 6) is -0.280. The minimum absolute atomic E-state index is 0.202. The van der Waals surface area contributed by atoms with Gasteiger partial charge in [0, 0.05) is 41.7 Å². The number of rotatable bonds is 10. The maximum atomic E-state index is 14.1. The maximum Gasteiger partial charge on any atom is 0.261 e. The largest absolute Gasteiger partial charge is 0.494 e. The smallest absolute Gasteiger partial charge is 0.261 e. The number of carbonyl (C=O) groups is 3. The van der Waals surface area contributed by atoms with Gasteiger partial charge in [-0.2, -0.15) is 10.2 Å². The van der Waals surface area contributed by atoms with Crippen LogP contribution in [-0.4, -0.2) is 45.9 Å². The van der Waals surface area contributed by atoms with E-state index >= 15 is 0 Å². The molecule has 0 heterocycles. The van der Waals surface area contributed by atoms with Crippen molar-refractivity contribution in [3.05, 3.63) is 178 Å². The third-order valence-electron chi connectivity index (χ3n) is 11.3. The van der Waals surface area contributed by atoms with E-state index in [2.05, 4.69) is 20.5 Å². The van der Waals surface area contributed by atoms with Gasteiger partial charge in [-0.25, -0.2) is 0 Å². The molecule has 0 saturated heterocycles. The number of halogens is 1. The Kier molecular flexibility index (Phi) is 11.0. The normalized spacial score (nSPS) is 11.9. The van der Waals surface area contributed by atoms with Crippen molar-refractivity contribution in [2.24, 2.45) is 20.5 Å². The lowest BCUT2D eigenvalue weighted by Gasteiger charge is -2.21. The first-order valence-corrected chi connectivity index (χ1v) is 20.7. The monoisotopic (exact) mass is 862 g/mol. The van der Waals surface area contributed by atoms with Gasteiger partial charge in [-0.3, -0.25) is 14.4 Å². The van der Waals surface area contributed by atoms with Gasteiger partial charge >= 0.3 is 0 Å². The molecule has 0 N–H and O–H groups in total. The van der Waals surface area contributed by atoms with E-state index in [1.54, 1.807) is 73.6 Å². The van der Waals surface area contributed by atoms with Gasteiger partial charge in [-0.05, 0) is 95.1 Å². The molecule has 0 saturated carbocycles. The summed E-state index contributed by atoms with van der Waals surface area (Å²) in [6, 6.07) is 44.2. The summed E-state index contributed by atoms with van der Waals surface area (Å²) in [5.41, 5.74) is 6.96. The average molecular weight is 863 g/mol.